The molecule has 0 aromatic heterocycles. The van der Waals surface area contributed by atoms with E-state index in [4.69, 9.17) is 0 Å². The van der Waals surface area contributed by atoms with Crippen molar-refractivity contribution in [1.82, 2.24) is 0 Å². The van der Waals surface area contributed by atoms with Crippen LogP contribution in [0.2, 0.25) is 0 Å². The van der Waals surface area contributed by atoms with Gasteiger partial charge in [0, 0.05) is 0 Å². The van der Waals surface area contributed by atoms with E-state index in [1.54, 1.807) is 0 Å². The van der Waals surface area contributed by atoms with Crippen LogP contribution in [0.4, 0.5) is 0 Å². The van der Waals surface area contributed by atoms with Gasteiger partial charge < -0.3 is 0 Å². The van der Waals surface area contributed by atoms with Gasteiger partial charge in [-0.1, -0.05) is 69.5 Å². The van der Waals surface area contributed by atoms with E-state index in [0.29, 0.717) is 5.92 Å². The van der Waals surface area contributed by atoms with Gasteiger partial charge in [0.2, 0.25) is 0 Å². The number of hydrogen-bond donors (Lipinski definition) is 0. The average molecular weight is 212 g/mol. The lowest BCUT2D eigenvalue weighted by Gasteiger charge is -2.08. The van der Waals surface area contributed by atoms with Crippen LogP contribution in [0.1, 0.15) is 31.7 Å². The molecule has 0 aliphatic carbocycles. The van der Waals surface area contributed by atoms with E-state index in [2.05, 4.69) is 45.2 Å². The van der Waals surface area contributed by atoms with Crippen LogP contribution in [0.5, 0.6) is 0 Å². The van der Waals surface area contributed by atoms with Crippen LogP contribution in [0, 0.1) is 0 Å². The first-order valence-electron chi connectivity index (χ1n) is 5.78. The van der Waals surface area contributed by atoms with Crippen molar-refractivity contribution >= 4 is 12.2 Å². The van der Waals surface area contributed by atoms with E-state index in [-0.39, 0.29) is 0 Å². The fourth-order valence-electron chi connectivity index (χ4n) is 1.69. The van der Waals surface area contributed by atoms with Crippen molar-refractivity contribution in [3.63, 3.8) is 0 Å². The predicted molar refractivity (Wildman–Crippen MR) is 73.7 cm³/mol. The normalized spacial score (nSPS) is 14.9. The molecule has 0 heteroatoms. The highest BCUT2D eigenvalue weighted by Crippen LogP contribution is 2.15. The molecule has 0 aliphatic heterocycles. The molecule has 16 heavy (non-hydrogen) atoms. The number of hydrogen-bond acceptors (Lipinski definition) is 0. The molecule has 0 nitrogen and oxygen atoms in total. The van der Waals surface area contributed by atoms with Crippen molar-refractivity contribution in [1.29, 1.82) is 0 Å². The van der Waals surface area contributed by atoms with Gasteiger partial charge in [-0.3, -0.25) is 0 Å². The summed E-state index contributed by atoms with van der Waals surface area (Å²) in [7, 11) is 0. The van der Waals surface area contributed by atoms with Gasteiger partial charge in [-0.25, -0.2) is 0 Å². The van der Waals surface area contributed by atoms with Crippen LogP contribution < -0.4 is 10.4 Å². The molecule has 0 amide bonds. The molecule has 1 rings (SSSR count). The largest absolute Gasteiger partial charge is 0.0990 e. The number of allylic oxidation sites excluding steroid dienone is 2. The summed E-state index contributed by atoms with van der Waals surface area (Å²) in [4.78, 5) is 0. The zero-order valence-corrected chi connectivity index (χ0v) is 10.2. The van der Waals surface area contributed by atoms with E-state index >= 15 is 0 Å². The Balaban J connectivity index is 3.40. The smallest absolute Gasteiger partial charge is 0.0181 e. The Hall–Kier alpha value is -1.56. The summed E-state index contributed by atoms with van der Waals surface area (Å²) in [5.41, 5.74) is 1.39. The lowest BCUT2D eigenvalue weighted by atomic mass is 9.97. The molecule has 0 N–H and O–H groups in total. The lowest BCUT2D eigenvalue weighted by molar-refractivity contribution is 0.732. The zero-order valence-electron chi connectivity index (χ0n) is 10.2. The minimum Gasteiger partial charge on any atom is -0.0990 e. The van der Waals surface area contributed by atoms with Crippen molar-refractivity contribution in [2.75, 3.05) is 0 Å². The monoisotopic (exact) mass is 212 g/mol. The number of benzene rings is 1. The molecule has 0 spiro atoms. The van der Waals surface area contributed by atoms with E-state index in [1.165, 1.54) is 16.0 Å². The third-order valence-corrected chi connectivity index (χ3v) is 2.89. The minimum atomic E-state index is 0.606. The molecule has 1 aromatic carbocycles. The molecular formula is C16H20. The van der Waals surface area contributed by atoms with Gasteiger partial charge in [-0.05, 0) is 28.3 Å². The molecule has 0 saturated heterocycles. The fraction of sp³-hybridized carbons (Fsp3) is 0.250. The Labute approximate surface area is 98.3 Å². The molecule has 0 bridgehead atoms. The Bertz CT molecular complexity index is 477. The Morgan fingerprint density at radius 2 is 1.75 bits per heavy atom. The summed E-state index contributed by atoms with van der Waals surface area (Å²) in [6.07, 6.45) is 8.88. The molecule has 0 saturated carbocycles. The minimum absolute atomic E-state index is 0.606. The third kappa shape index (κ3) is 2.96. The van der Waals surface area contributed by atoms with Crippen LogP contribution in [0.3, 0.4) is 0 Å². The fourth-order valence-corrected chi connectivity index (χ4v) is 1.69. The molecule has 84 valence electrons. The average Bonchev–Trinajstić information content (AvgIpc) is 2.31. The third-order valence-electron chi connectivity index (χ3n) is 2.89. The van der Waals surface area contributed by atoms with Crippen molar-refractivity contribution in [3.05, 3.63) is 59.5 Å². The summed E-state index contributed by atoms with van der Waals surface area (Å²) in [6.45, 7) is 12.0. The molecule has 0 radical (unpaired) electrons. The van der Waals surface area contributed by atoms with E-state index in [0.717, 1.165) is 6.42 Å². The van der Waals surface area contributed by atoms with Crippen LogP contribution in [0.25, 0.3) is 12.2 Å². The van der Waals surface area contributed by atoms with Gasteiger partial charge in [-0.15, -0.1) is 0 Å². The SMILES string of the molecule is C=C/C=c1/ccc(C(C)CC)c/c1=C/C=C. The highest BCUT2D eigenvalue weighted by molar-refractivity contribution is 5.43. The molecular weight excluding hydrogens is 192 g/mol. The molecule has 0 fully saturated rings. The van der Waals surface area contributed by atoms with Crippen molar-refractivity contribution in [2.45, 2.75) is 26.2 Å². The Morgan fingerprint density at radius 3 is 2.31 bits per heavy atom. The Morgan fingerprint density at radius 1 is 1.12 bits per heavy atom. The topological polar surface area (TPSA) is 0 Å². The second-order valence-electron chi connectivity index (χ2n) is 4.00. The highest BCUT2D eigenvalue weighted by atomic mass is 14.1. The van der Waals surface area contributed by atoms with Crippen molar-refractivity contribution in [2.24, 2.45) is 0 Å². The Kier molecular flexibility index (Phi) is 4.78. The van der Waals surface area contributed by atoms with Gasteiger partial charge >= 0.3 is 0 Å². The summed E-state index contributed by atoms with van der Waals surface area (Å²) < 4.78 is 0. The summed E-state index contributed by atoms with van der Waals surface area (Å²) in [5, 5.41) is 2.41. The van der Waals surface area contributed by atoms with E-state index in [9.17, 15) is 0 Å². The maximum atomic E-state index is 3.76. The second kappa shape index (κ2) is 6.12. The summed E-state index contributed by atoms with van der Waals surface area (Å²) in [6, 6.07) is 6.59. The first kappa shape index (κ1) is 12.5. The van der Waals surface area contributed by atoms with E-state index in [1.807, 2.05) is 24.3 Å². The zero-order chi connectivity index (χ0) is 12.0. The standard InChI is InChI=1S/C16H20/c1-5-8-14-10-11-15(13(4)7-3)12-16(14)9-6-2/h5-6,8-13H,1-2,7H2,3-4H3/b14-8-,16-9-. The molecule has 1 atom stereocenters. The van der Waals surface area contributed by atoms with Crippen LogP contribution >= 0.6 is 0 Å². The van der Waals surface area contributed by atoms with E-state index < -0.39 is 0 Å². The molecule has 1 aromatic rings. The highest BCUT2D eigenvalue weighted by Gasteiger charge is 2.01. The van der Waals surface area contributed by atoms with Crippen molar-refractivity contribution < 1.29 is 0 Å². The first-order chi connectivity index (χ1) is 7.72. The lowest BCUT2D eigenvalue weighted by Crippen LogP contribution is -2.24. The maximum Gasteiger partial charge on any atom is -0.0181 e. The van der Waals surface area contributed by atoms with Gasteiger partial charge in [0.1, 0.15) is 0 Å². The van der Waals surface area contributed by atoms with Crippen LogP contribution in [0.15, 0.2) is 43.5 Å². The summed E-state index contributed by atoms with van der Waals surface area (Å²) in [5.74, 6) is 0.606. The quantitative estimate of drug-likeness (QED) is 0.719. The first-order valence-corrected chi connectivity index (χ1v) is 5.78. The molecule has 0 heterocycles. The molecule has 0 aliphatic rings. The summed E-state index contributed by atoms with van der Waals surface area (Å²) >= 11 is 0. The maximum absolute atomic E-state index is 3.76. The van der Waals surface area contributed by atoms with Gasteiger partial charge in [0.25, 0.3) is 0 Å². The van der Waals surface area contributed by atoms with Crippen LogP contribution in [-0.4, -0.2) is 0 Å². The van der Waals surface area contributed by atoms with Crippen LogP contribution in [-0.2, 0) is 0 Å². The van der Waals surface area contributed by atoms with Gasteiger partial charge in [-0.2, -0.15) is 0 Å². The molecule has 1 unspecified atom stereocenters. The van der Waals surface area contributed by atoms with Gasteiger partial charge in [0.15, 0.2) is 0 Å². The second-order valence-corrected chi connectivity index (χ2v) is 4.00. The number of rotatable bonds is 4. The predicted octanol–water partition coefficient (Wildman–Crippen LogP) is 3.13. The van der Waals surface area contributed by atoms with Gasteiger partial charge in [0.05, 0.1) is 0 Å². The van der Waals surface area contributed by atoms with Crippen molar-refractivity contribution in [3.8, 4) is 0 Å².